The van der Waals surface area contributed by atoms with Gasteiger partial charge in [0, 0.05) is 28.4 Å². The van der Waals surface area contributed by atoms with Gasteiger partial charge in [0.2, 0.25) is 0 Å². The van der Waals surface area contributed by atoms with E-state index in [1.165, 1.54) is 10.5 Å². The van der Waals surface area contributed by atoms with Crippen molar-refractivity contribution < 1.29 is 9.59 Å². The van der Waals surface area contributed by atoms with Crippen LogP contribution in [0.4, 0.5) is 10.5 Å². The number of aryl methyl sites for hydroxylation is 1. The van der Waals surface area contributed by atoms with Crippen LogP contribution in [0.3, 0.4) is 0 Å². The van der Waals surface area contributed by atoms with Crippen LogP contribution < -0.4 is 4.90 Å². The third-order valence-corrected chi connectivity index (χ3v) is 7.62. The van der Waals surface area contributed by atoms with Crippen LogP contribution in [0.2, 0.25) is 5.02 Å². The second-order valence-corrected chi connectivity index (χ2v) is 9.63. The highest BCUT2D eigenvalue weighted by Gasteiger charge is 2.60. The molecule has 1 unspecified atom stereocenters. The molecule has 3 heterocycles. The van der Waals surface area contributed by atoms with Gasteiger partial charge in [0.25, 0.3) is 5.91 Å². The van der Waals surface area contributed by atoms with E-state index in [-0.39, 0.29) is 17.9 Å². The molecule has 1 saturated heterocycles. The summed E-state index contributed by atoms with van der Waals surface area (Å²) in [5.41, 5.74) is 4.59. The minimum absolute atomic E-state index is 0.0545. The molecule has 2 aliphatic heterocycles. The Hall–Kier alpha value is -3.57. The lowest BCUT2D eigenvalue weighted by molar-refractivity contribution is -0.125. The van der Waals surface area contributed by atoms with Gasteiger partial charge in [0.05, 0.1) is 11.4 Å². The van der Waals surface area contributed by atoms with Crippen LogP contribution in [0, 0.1) is 0 Å². The van der Waals surface area contributed by atoms with E-state index in [9.17, 15) is 9.59 Å². The summed E-state index contributed by atoms with van der Waals surface area (Å²) in [5.74, 6) is -0.325. The van der Waals surface area contributed by atoms with Gasteiger partial charge in [-0.25, -0.2) is 9.69 Å². The predicted molar refractivity (Wildman–Crippen MR) is 134 cm³/mol. The van der Waals surface area contributed by atoms with Crippen molar-refractivity contribution in [3.05, 3.63) is 100 Å². The monoisotopic (exact) mass is 469 g/mol. The smallest absolute Gasteiger partial charge is 0.332 e. The standard InChI is InChI=1S/C28H24ClN3O2/c1-3-17-11-13-18(14-12-17)22-16-31-27(34)32(20-8-6-7-19(29)15-20)26(33)28(31,2)25-24(22)21-9-4-5-10-23(21)30-25/h4-15,22,30H,3,16H2,1-2H3/t22?,28-/m0/s1. The maximum atomic E-state index is 14.0. The summed E-state index contributed by atoms with van der Waals surface area (Å²) >= 11 is 6.20. The quantitative estimate of drug-likeness (QED) is 0.362. The molecule has 5 nitrogen and oxygen atoms in total. The Labute approximate surface area is 202 Å². The summed E-state index contributed by atoms with van der Waals surface area (Å²) in [6, 6.07) is 23.3. The number of halogens is 1. The third-order valence-electron chi connectivity index (χ3n) is 7.38. The third kappa shape index (κ3) is 2.80. The molecule has 0 radical (unpaired) electrons. The van der Waals surface area contributed by atoms with Crippen LogP contribution >= 0.6 is 11.6 Å². The lowest BCUT2D eigenvalue weighted by Gasteiger charge is -2.40. The molecule has 6 rings (SSSR count). The molecule has 2 atom stereocenters. The number of carbonyl (C=O) groups is 2. The van der Waals surface area contributed by atoms with Crippen molar-refractivity contribution in [2.75, 3.05) is 11.4 Å². The van der Waals surface area contributed by atoms with E-state index >= 15 is 0 Å². The highest BCUT2D eigenvalue weighted by atomic mass is 35.5. The first-order valence-electron chi connectivity index (χ1n) is 11.5. The number of hydrogen-bond donors (Lipinski definition) is 1. The Balaban J connectivity index is 1.57. The molecule has 2 aliphatic rings. The van der Waals surface area contributed by atoms with Crippen molar-refractivity contribution >= 4 is 40.1 Å². The molecule has 0 bridgehead atoms. The number of para-hydroxylation sites is 1. The van der Waals surface area contributed by atoms with Crippen LogP contribution in [-0.2, 0) is 16.8 Å². The van der Waals surface area contributed by atoms with Crippen molar-refractivity contribution in [1.29, 1.82) is 0 Å². The van der Waals surface area contributed by atoms with Crippen LogP contribution in [0.25, 0.3) is 10.9 Å². The molecule has 0 saturated carbocycles. The zero-order valence-corrected chi connectivity index (χ0v) is 19.8. The summed E-state index contributed by atoms with van der Waals surface area (Å²) in [4.78, 5) is 34.2. The molecule has 4 aromatic rings. The zero-order chi connectivity index (χ0) is 23.6. The van der Waals surface area contributed by atoms with E-state index < -0.39 is 5.54 Å². The van der Waals surface area contributed by atoms with E-state index in [1.807, 2.05) is 25.1 Å². The summed E-state index contributed by atoms with van der Waals surface area (Å²) < 4.78 is 0. The predicted octanol–water partition coefficient (Wildman–Crippen LogP) is 6.21. The summed E-state index contributed by atoms with van der Waals surface area (Å²) in [6.45, 7) is 4.40. The lowest BCUT2D eigenvalue weighted by Crippen LogP contribution is -2.50. The Kier molecular flexibility index (Phi) is 4.61. The van der Waals surface area contributed by atoms with Gasteiger partial charge in [0.1, 0.15) is 0 Å². The molecular formula is C28H24ClN3O2. The van der Waals surface area contributed by atoms with E-state index in [0.717, 1.165) is 34.1 Å². The molecule has 1 aromatic heterocycles. The van der Waals surface area contributed by atoms with E-state index in [4.69, 9.17) is 11.6 Å². The van der Waals surface area contributed by atoms with Crippen molar-refractivity contribution in [1.82, 2.24) is 9.88 Å². The van der Waals surface area contributed by atoms with Crippen molar-refractivity contribution in [3.8, 4) is 0 Å². The number of urea groups is 1. The average Bonchev–Trinajstić information content (AvgIpc) is 3.33. The Morgan fingerprint density at radius 1 is 1.03 bits per heavy atom. The normalized spacial score (nSPS) is 21.8. The lowest BCUT2D eigenvalue weighted by atomic mass is 9.78. The number of fused-ring (bicyclic) bond motifs is 5. The first-order chi connectivity index (χ1) is 16.4. The van der Waals surface area contributed by atoms with Gasteiger partial charge < -0.3 is 9.88 Å². The zero-order valence-electron chi connectivity index (χ0n) is 19.0. The second-order valence-electron chi connectivity index (χ2n) is 9.19. The number of benzene rings is 3. The molecule has 170 valence electrons. The van der Waals surface area contributed by atoms with Gasteiger partial charge in [0.15, 0.2) is 5.54 Å². The number of aromatic nitrogens is 1. The fourth-order valence-electron chi connectivity index (χ4n) is 5.52. The number of aromatic amines is 1. The number of nitrogens with zero attached hydrogens (tertiary/aromatic N) is 2. The number of nitrogens with one attached hydrogen (secondary N) is 1. The van der Waals surface area contributed by atoms with Gasteiger partial charge in [-0.15, -0.1) is 0 Å². The second kappa shape index (κ2) is 7.47. The van der Waals surface area contributed by atoms with Gasteiger partial charge in [-0.3, -0.25) is 4.79 Å². The van der Waals surface area contributed by atoms with Crippen LogP contribution in [0.5, 0.6) is 0 Å². The maximum Gasteiger partial charge on any atom is 0.332 e. The van der Waals surface area contributed by atoms with Crippen molar-refractivity contribution in [2.45, 2.75) is 31.7 Å². The molecule has 3 amide bonds. The largest absolute Gasteiger partial charge is 0.356 e. The summed E-state index contributed by atoms with van der Waals surface area (Å²) in [5, 5.41) is 1.57. The SMILES string of the molecule is CCc1ccc(C2CN3C(=O)N(c4cccc(Cl)c4)C(=O)[C@]3(C)c3[nH]c4ccccc4c32)cc1. The molecule has 6 heteroatoms. The first kappa shape index (κ1) is 21.0. The molecular weight excluding hydrogens is 446 g/mol. The number of H-pyrrole nitrogens is 1. The minimum atomic E-state index is -1.13. The minimum Gasteiger partial charge on any atom is -0.356 e. The molecule has 3 aromatic carbocycles. The van der Waals surface area contributed by atoms with Gasteiger partial charge in [-0.2, -0.15) is 0 Å². The average molecular weight is 470 g/mol. The van der Waals surface area contributed by atoms with Gasteiger partial charge >= 0.3 is 6.03 Å². The molecule has 1 N–H and O–H groups in total. The van der Waals surface area contributed by atoms with E-state index in [0.29, 0.717) is 17.3 Å². The Bertz CT molecular complexity index is 1460. The van der Waals surface area contributed by atoms with E-state index in [2.05, 4.69) is 42.2 Å². The van der Waals surface area contributed by atoms with Gasteiger partial charge in [-0.05, 0) is 54.3 Å². The maximum absolute atomic E-state index is 14.0. The Morgan fingerprint density at radius 2 is 1.79 bits per heavy atom. The number of carbonyl (C=O) groups excluding carboxylic acids is 2. The summed E-state index contributed by atoms with van der Waals surface area (Å²) in [6.07, 6.45) is 0.967. The molecule has 0 aliphatic carbocycles. The first-order valence-corrected chi connectivity index (χ1v) is 11.9. The fraction of sp³-hybridized carbons (Fsp3) is 0.214. The number of hydrogen-bond acceptors (Lipinski definition) is 2. The number of anilines is 1. The van der Waals surface area contributed by atoms with Crippen LogP contribution in [-0.4, -0.2) is 28.4 Å². The fourth-order valence-corrected chi connectivity index (χ4v) is 5.70. The molecule has 1 fully saturated rings. The number of amides is 3. The topological polar surface area (TPSA) is 56.4 Å². The van der Waals surface area contributed by atoms with Crippen molar-refractivity contribution in [2.24, 2.45) is 0 Å². The number of rotatable bonds is 3. The van der Waals surface area contributed by atoms with Crippen LogP contribution in [0.1, 0.15) is 42.1 Å². The Morgan fingerprint density at radius 3 is 2.53 bits per heavy atom. The van der Waals surface area contributed by atoms with E-state index in [1.54, 1.807) is 29.2 Å². The number of imide groups is 1. The van der Waals surface area contributed by atoms with Gasteiger partial charge in [-0.1, -0.05) is 67.1 Å². The highest BCUT2D eigenvalue weighted by Crippen LogP contribution is 2.50. The van der Waals surface area contributed by atoms with Crippen molar-refractivity contribution in [3.63, 3.8) is 0 Å². The molecule has 34 heavy (non-hydrogen) atoms. The highest BCUT2D eigenvalue weighted by molar-refractivity contribution is 6.31. The molecule has 0 spiro atoms. The van der Waals surface area contributed by atoms with Crippen LogP contribution in [0.15, 0.2) is 72.8 Å². The summed E-state index contributed by atoms with van der Waals surface area (Å²) in [7, 11) is 0.